The topological polar surface area (TPSA) is 64.4 Å². The summed E-state index contributed by atoms with van der Waals surface area (Å²) in [7, 11) is 0. The van der Waals surface area contributed by atoms with Gasteiger partial charge in [-0.3, -0.25) is 4.79 Å². The highest BCUT2D eigenvalue weighted by molar-refractivity contribution is 5.93. The van der Waals surface area contributed by atoms with E-state index in [-0.39, 0.29) is 16.9 Å². The van der Waals surface area contributed by atoms with Gasteiger partial charge >= 0.3 is 0 Å². The van der Waals surface area contributed by atoms with Gasteiger partial charge in [-0.15, -0.1) is 0 Å². The van der Waals surface area contributed by atoms with E-state index in [0.29, 0.717) is 6.42 Å². The summed E-state index contributed by atoms with van der Waals surface area (Å²) in [5.41, 5.74) is 9.87. The number of fused-ring (bicyclic) bond motifs is 1. The predicted octanol–water partition coefficient (Wildman–Crippen LogP) is 1.33. The summed E-state index contributed by atoms with van der Waals surface area (Å²) < 4.78 is 5.47. The number of carbonyl (C=O) groups excluding carboxylic acids is 1. The van der Waals surface area contributed by atoms with Gasteiger partial charge in [-0.25, -0.2) is 0 Å². The van der Waals surface area contributed by atoms with Crippen LogP contribution in [-0.4, -0.2) is 24.7 Å². The van der Waals surface area contributed by atoms with Crippen LogP contribution in [0.2, 0.25) is 0 Å². The van der Waals surface area contributed by atoms with Crippen molar-refractivity contribution in [3.63, 3.8) is 0 Å². The number of nitrogens with one attached hydrogen (secondary N) is 1. The van der Waals surface area contributed by atoms with E-state index in [1.54, 1.807) is 0 Å². The van der Waals surface area contributed by atoms with Crippen LogP contribution in [0.5, 0.6) is 0 Å². The van der Waals surface area contributed by atoms with E-state index in [1.165, 1.54) is 11.1 Å². The molecule has 0 aromatic heterocycles. The van der Waals surface area contributed by atoms with E-state index in [9.17, 15) is 4.79 Å². The van der Waals surface area contributed by atoms with Gasteiger partial charge in [-0.05, 0) is 36.5 Å². The monoisotopic (exact) mass is 258 g/mol. The van der Waals surface area contributed by atoms with Crippen LogP contribution in [0.3, 0.4) is 0 Å². The number of aryl methyl sites for hydroxylation is 1. The molecular formula is C15H18N2O2. The van der Waals surface area contributed by atoms with Crippen molar-refractivity contribution in [2.24, 2.45) is 5.73 Å². The molecule has 4 nitrogen and oxygen atoms in total. The minimum atomic E-state index is -0.0720. The minimum absolute atomic E-state index is 0.00346. The van der Waals surface area contributed by atoms with Crippen LogP contribution in [0.15, 0.2) is 18.2 Å². The minimum Gasteiger partial charge on any atom is -0.379 e. The van der Waals surface area contributed by atoms with Crippen molar-refractivity contribution in [3.05, 3.63) is 29.3 Å². The van der Waals surface area contributed by atoms with E-state index in [2.05, 4.69) is 17.4 Å². The molecule has 1 aromatic carbocycles. The number of rotatable bonds is 2. The molecule has 1 aliphatic carbocycles. The first-order chi connectivity index (χ1) is 9.13. The molecular weight excluding hydrogens is 240 g/mol. The number of anilines is 1. The Kier molecular flexibility index (Phi) is 2.16. The second-order valence-corrected chi connectivity index (χ2v) is 6.15. The molecule has 2 fully saturated rings. The molecule has 4 rings (SSSR count). The van der Waals surface area contributed by atoms with Crippen LogP contribution < -0.4 is 11.1 Å². The van der Waals surface area contributed by atoms with Gasteiger partial charge < -0.3 is 15.8 Å². The molecule has 0 unspecified atom stereocenters. The lowest BCUT2D eigenvalue weighted by atomic mass is 9.70. The van der Waals surface area contributed by atoms with Gasteiger partial charge in [0, 0.05) is 17.6 Å². The molecule has 3 aliphatic rings. The summed E-state index contributed by atoms with van der Waals surface area (Å²) in [5, 5.41) is 2.93. The van der Waals surface area contributed by atoms with Crippen molar-refractivity contribution in [3.8, 4) is 0 Å². The third kappa shape index (κ3) is 1.50. The Labute approximate surface area is 112 Å². The molecule has 1 aromatic rings. The van der Waals surface area contributed by atoms with Gasteiger partial charge in [0.05, 0.1) is 18.6 Å². The van der Waals surface area contributed by atoms with E-state index in [0.717, 1.165) is 38.2 Å². The molecule has 2 heterocycles. The smallest absolute Gasteiger partial charge is 0.224 e. The zero-order valence-corrected chi connectivity index (χ0v) is 10.9. The maximum Gasteiger partial charge on any atom is 0.224 e. The summed E-state index contributed by atoms with van der Waals surface area (Å²) >= 11 is 0. The second kappa shape index (κ2) is 3.58. The summed E-state index contributed by atoms with van der Waals surface area (Å²) in [6, 6.07) is 6.36. The number of hydrogen-bond acceptors (Lipinski definition) is 3. The Morgan fingerprint density at radius 3 is 2.63 bits per heavy atom. The van der Waals surface area contributed by atoms with Gasteiger partial charge in [-0.2, -0.15) is 0 Å². The Morgan fingerprint density at radius 1 is 1.21 bits per heavy atom. The largest absolute Gasteiger partial charge is 0.379 e. The van der Waals surface area contributed by atoms with Crippen LogP contribution in [0.4, 0.5) is 5.69 Å². The number of benzene rings is 1. The van der Waals surface area contributed by atoms with Crippen LogP contribution in [0, 0.1) is 0 Å². The highest BCUT2D eigenvalue weighted by atomic mass is 16.5. The molecule has 0 spiro atoms. The quantitative estimate of drug-likeness (QED) is 0.841. The zero-order valence-electron chi connectivity index (χ0n) is 10.9. The fourth-order valence-electron chi connectivity index (χ4n) is 3.34. The SMILES string of the molecule is NC1(C2(c3ccc4c(c3)CCC(=O)N4)COC2)CC1. The normalized spacial score (nSPS) is 26.1. The highest BCUT2D eigenvalue weighted by Gasteiger charge is 2.61. The molecule has 0 bridgehead atoms. The van der Waals surface area contributed by atoms with Gasteiger partial charge in [-0.1, -0.05) is 12.1 Å². The maximum atomic E-state index is 11.4. The zero-order chi connectivity index (χ0) is 13.1. The van der Waals surface area contributed by atoms with Gasteiger partial charge in [0.25, 0.3) is 0 Å². The van der Waals surface area contributed by atoms with Crippen LogP contribution in [0.1, 0.15) is 30.4 Å². The van der Waals surface area contributed by atoms with Crippen molar-refractivity contribution in [2.45, 2.75) is 36.6 Å². The molecule has 1 saturated heterocycles. The lowest BCUT2D eigenvalue weighted by molar-refractivity contribution is -0.116. The highest BCUT2D eigenvalue weighted by Crippen LogP contribution is 2.53. The Balaban J connectivity index is 1.74. The van der Waals surface area contributed by atoms with Crippen molar-refractivity contribution < 1.29 is 9.53 Å². The molecule has 0 atom stereocenters. The fraction of sp³-hybridized carbons (Fsp3) is 0.533. The maximum absolute atomic E-state index is 11.4. The van der Waals surface area contributed by atoms with Crippen molar-refractivity contribution in [1.29, 1.82) is 0 Å². The van der Waals surface area contributed by atoms with Crippen LogP contribution >= 0.6 is 0 Å². The van der Waals surface area contributed by atoms with E-state index >= 15 is 0 Å². The molecule has 19 heavy (non-hydrogen) atoms. The summed E-state index contributed by atoms with van der Waals surface area (Å²) in [6.45, 7) is 1.46. The first-order valence-electron chi connectivity index (χ1n) is 6.93. The number of nitrogens with two attached hydrogens (primary N) is 1. The predicted molar refractivity (Wildman–Crippen MR) is 72.0 cm³/mol. The molecule has 2 aliphatic heterocycles. The molecule has 100 valence electrons. The molecule has 3 N–H and O–H groups in total. The molecule has 1 amide bonds. The van der Waals surface area contributed by atoms with E-state index in [1.807, 2.05) is 6.07 Å². The molecule has 4 heteroatoms. The fourth-order valence-corrected chi connectivity index (χ4v) is 3.34. The van der Waals surface area contributed by atoms with Crippen molar-refractivity contribution in [2.75, 3.05) is 18.5 Å². The van der Waals surface area contributed by atoms with E-state index < -0.39 is 0 Å². The standard InChI is InChI=1S/C15H18N2O2/c16-15(5-6-15)14(8-19-9-14)11-2-3-12-10(7-11)1-4-13(18)17-12/h2-3,7H,1,4-6,8-9,16H2,(H,17,18). The summed E-state index contributed by atoms with van der Waals surface area (Å²) in [4.78, 5) is 11.4. The number of amides is 1. The molecule has 1 saturated carbocycles. The summed E-state index contributed by atoms with van der Waals surface area (Å²) in [5.74, 6) is 0.111. The number of carbonyl (C=O) groups is 1. The summed E-state index contributed by atoms with van der Waals surface area (Å²) in [6.07, 6.45) is 3.57. The average molecular weight is 258 g/mol. The van der Waals surface area contributed by atoms with Gasteiger partial charge in [0.1, 0.15) is 0 Å². The Morgan fingerprint density at radius 2 is 2.00 bits per heavy atom. The second-order valence-electron chi connectivity index (χ2n) is 6.15. The number of ether oxygens (including phenoxy) is 1. The van der Waals surface area contributed by atoms with Gasteiger partial charge in [0.15, 0.2) is 0 Å². The van der Waals surface area contributed by atoms with Crippen LogP contribution in [-0.2, 0) is 21.4 Å². The first kappa shape index (κ1) is 11.4. The van der Waals surface area contributed by atoms with Crippen molar-refractivity contribution in [1.82, 2.24) is 0 Å². The van der Waals surface area contributed by atoms with Gasteiger partial charge in [0.2, 0.25) is 5.91 Å². The lowest BCUT2D eigenvalue weighted by Gasteiger charge is -2.47. The lowest BCUT2D eigenvalue weighted by Crippen LogP contribution is -2.60. The Bertz CT molecular complexity index is 559. The third-order valence-corrected chi connectivity index (χ3v) is 4.99. The Hall–Kier alpha value is -1.39. The van der Waals surface area contributed by atoms with Crippen LogP contribution in [0.25, 0.3) is 0 Å². The third-order valence-electron chi connectivity index (χ3n) is 4.99. The number of hydrogen-bond donors (Lipinski definition) is 2. The average Bonchev–Trinajstić information content (AvgIpc) is 3.07. The van der Waals surface area contributed by atoms with Crippen molar-refractivity contribution >= 4 is 11.6 Å². The first-order valence-corrected chi connectivity index (χ1v) is 6.93. The molecule has 0 radical (unpaired) electrons. The van der Waals surface area contributed by atoms with E-state index in [4.69, 9.17) is 10.5 Å².